The molecule has 8 nitrogen and oxygen atoms in total. The zero-order valence-electron chi connectivity index (χ0n) is 16.1. The number of amides is 2. The Balaban J connectivity index is 1.94. The third kappa shape index (κ3) is 3.99. The van der Waals surface area contributed by atoms with Crippen LogP contribution < -0.4 is 22.1 Å². The number of esters is 1. The lowest BCUT2D eigenvalue weighted by Crippen LogP contribution is -2.17. The molecule has 2 aromatic rings. The Morgan fingerprint density at radius 3 is 2.52 bits per heavy atom. The van der Waals surface area contributed by atoms with Crippen LogP contribution in [-0.4, -0.2) is 31.4 Å². The molecule has 0 radical (unpaired) electrons. The predicted molar refractivity (Wildman–Crippen MR) is 116 cm³/mol. The fourth-order valence-electron chi connectivity index (χ4n) is 3.18. The molecule has 10 heteroatoms. The number of aryl methyl sites for hydroxylation is 1. The van der Waals surface area contributed by atoms with Crippen molar-refractivity contribution in [1.82, 2.24) is 0 Å². The highest BCUT2D eigenvalue weighted by atomic mass is 32.1. The summed E-state index contributed by atoms with van der Waals surface area (Å²) >= 11 is 2.40. The molecule has 29 heavy (non-hydrogen) atoms. The molecule has 0 spiro atoms. The summed E-state index contributed by atoms with van der Waals surface area (Å²) in [7, 11) is 1.31. The molecule has 1 aliphatic rings. The molecule has 3 rings (SSSR count). The summed E-state index contributed by atoms with van der Waals surface area (Å²) < 4.78 is 4.90. The molecule has 0 bridgehead atoms. The minimum atomic E-state index is -0.729. The maximum absolute atomic E-state index is 12.9. The molecule has 0 unspecified atom stereocenters. The number of carbonyl (C=O) groups is 3. The molecule has 0 saturated carbocycles. The lowest BCUT2D eigenvalue weighted by atomic mass is 10.1. The van der Waals surface area contributed by atoms with Crippen molar-refractivity contribution in [2.75, 3.05) is 30.0 Å². The zero-order valence-corrected chi connectivity index (χ0v) is 17.8. The van der Waals surface area contributed by atoms with E-state index in [1.807, 2.05) is 6.92 Å². The molecule has 0 saturated heterocycles. The molecule has 2 amide bonds. The van der Waals surface area contributed by atoms with Gasteiger partial charge < -0.3 is 26.8 Å². The Morgan fingerprint density at radius 2 is 1.90 bits per heavy atom. The van der Waals surface area contributed by atoms with Crippen LogP contribution in [0.25, 0.3) is 0 Å². The number of hydrogen-bond acceptors (Lipinski definition) is 8. The van der Waals surface area contributed by atoms with Crippen LogP contribution in [0.3, 0.4) is 0 Å². The average Bonchev–Trinajstić information content (AvgIpc) is 3.31. The van der Waals surface area contributed by atoms with Gasteiger partial charge in [0.25, 0.3) is 11.8 Å². The van der Waals surface area contributed by atoms with Crippen molar-refractivity contribution in [3.05, 3.63) is 38.6 Å². The van der Waals surface area contributed by atoms with Gasteiger partial charge in [-0.2, -0.15) is 0 Å². The maximum atomic E-state index is 12.9. The minimum absolute atomic E-state index is 0.00734. The van der Waals surface area contributed by atoms with E-state index in [9.17, 15) is 14.4 Å². The molecule has 154 valence electrons. The highest BCUT2D eigenvalue weighted by molar-refractivity contribution is 7.19. The van der Waals surface area contributed by atoms with Crippen molar-refractivity contribution in [2.24, 2.45) is 5.73 Å². The molecule has 0 fully saturated rings. The largest absolute Gasteiger partial charge is 0.465 e. The third-order valence-electron chi connectivity index (χ3n) is 4.49. The topological polar surface area (TPSA) is 137 Å². The number of rotatable bonds is 7. The number of anilines is 3. The first kappa shape index (κ1) is 20.9. The number of nitrogen functional groups attached to an aromatic ring is 1. The normalized spacial score (nSPS) is 12.3. The Hall–Kier alpha value is -2.85. The second-order valence-electron chi connectivity index (χ2n) is 6.73. The van der Waals surface area contributed by atoms with E-state index in [0.717, 1.165) is 46.6 Å². The monoisotopic (exact) mass is 434 g/mol. The van der Waals surface area contributed by atoms with Gasteiger partial charge >= 0.3 is 5.97 Å². The zero-order chi connectivity index (χ0) is 21.3. The van der Waals surface area contributed by atoms with Crippen molar-refractivity contribution in [1.29, 1.82) is 0 Å². The standard InChI is InChI=1S/C19H22N4O4S2/c1-8(2)7-22-17-12(15(21)24)13(20)14(29-17)16(25)23-18-11(19(26)27-3)9-5-4-6-10(9)28-18/h22H,1,4-7,20H2,2-3H3,(H2,21,24)(H,23,25). The van der Waals surface area contributed by atoms with Crippen LogP contribution in [0.5, 0.6) is 0 Å². The molecule has 0 aliphatic heterocycles. The van der Waals surface area contributed by atoms with E-state index in [4.69, 9.17) is 16.2 Å². The number of fused-ring (bicyclic) bond motifs is 1. The van der Waals surface area contributed by atoms with Gasteiger partial charge in [0, 0.05) is 11.4 Å². The van der Waals surface area contributed by atoms with Crippen LogP contribution in [0.4, 0.5) is 15.7 Å². The van der Waals surface area contributed by atoms with Gasteiger partial charge in [-0.05, 0) is 31.7 Å². The minimum Gasteiger partial charge on any atom is -0.465 e. The molecular formula is C19H22N4O4S2. The van der Waals surface area contributed by atoms with E-state index < -0.39 is 17.8 Å². The van der Waals surface area contributed by atoms with Crippen molar-refractivity contribution >= 4 is 56.1 Å². The summed E-state index contributed by atoms with van der Waals surface area (Å²) in [6.07, 6.45) is 2.60. The predicted octanol–water partition coefficient (Wildman–Crippen LogP) is 3.01. The van der Waals surface area contributed by atoms with Gasteiger partial charge in [-0.1, -0.05) is 12.2 Å². The Labute approximate surface area is 175 Å². The van der Waals surface area contributed by atoms with Crippen molar-refractivity contribution in [2.45, 2.75) is 26.2 Å². The van der Waals surface area contributed by atoms with Crippen molar-refractivity contribution in [3.63, 3.8) is 0 Å². The number of primary amides is 1. The Bertz CT molecular complexity index is 1020. The number of nitrogens with one attached hydrogen (secondary N) is 2. The summed E-state index contributed by atoms with van der Waals surface area (Å²) in [6, 6.07) is 0. The van der Waals surface area contributed by atoms with E-state index in [-0.39, 0.29) is 16.1 Å². The summed E-state index contributed by atoms with van der Waals surface area (Å²) in [6.45, 7) is 6.03. The van der Waals surface area contributed by atoms with E-state index in [2.05, 4.69) is 17.2 Å². The molecule has 6 N–H and O–H groups in total. The second-order valence-corrected chi connectivity index (χ2v) is 8.86. The number of hydrogen-bond donors (Lipinski definition) is 4. The van der Waals surface area contributed by atoms with E-state index in [1.165, 1.54) is 18.4 Å². The number of ether oxygens (including phenoxy) is 1. The SMILES string of the molecule is C=C(C)CNc1sc(C(=O)Nc2sc3c(c2C(=O)OC)CCC3)c(N)c1C(N)=O. The fraction of sp³-hybridized carbons (Fsp3) is 0.316. The van der Waals surface area contributed by atoms with Crippen LogP contribution in [0.1, 0.15) is 54.2 Å². The summed E-state index contributed by atoms with van der Waals surface area (Å²) in [5.41, 5.74) is 13.8. The lowest BCUT2D eigenvalue weighted by Gasteiger charge is -2.06. The molecule has 2 aromatic heterocycles. The molecule has 1 aliphatic carbocycles. The molecular weight excluding hydrogens is 412 g/mol. The Kier molecular flexibility index (Phi) is 5.94. The van der Waals surface area contributed by atoms with Gasteiger partial charge in [-0.25, -0.2) is 4.79 Å². The van der Waals surface area contributed by atoms with Crippen LogP contribution in [0, 0.1) is 0 Å². The van der Waals surface area contributed by atoms with Gasteiger partial charge in [0.1, 0.15) is 14.9 Å². The smallest absolute Gasteiger partial charge is 0.341 e. The fourth-order valence-corrected chi connectivity index (χ4v) is 5.47. The van der Waals surface area contributed by atoms with Gasteiger partial charge in [0.05, 0.1) is 23.9 Å². The lowest BCUT2D eigenvalue weighted by molar-refractivity contribution is 0.0601. The van der Waals surface area contributed by atoms with Crippen LogP contribution >= 0.6 is 22.7 Å². The Morgan fingerprint density at radius 1 is 1.17 bits per heavy atom. The van der Waals surface area contributed by atoms with Crippen molar-refractivity contribution in [3.8, 4) is 0 Å². The third-order valence-corrected chi connectivity index (χ3v) is 6.86. The summed E-state index contributed by atoms with van der Waals surface area (Å²) in [5.74, 6) is -1.73. The van der Waals surface area contributed by atoms with Gasteiger partial charge in [0.15, 0.2) is 0 Å². The van der Waals surface area contributed by atoms with E-state index >= 15 is 0 Å². The molecule has 0 aromatic carbocycles. The quantitative estimate of drug-likeness (QED) is 0.391. The van der Waals surface area contributed by atoms with Crippen molar-refractivity contribution < 1.29 is 19.1 Å². The highest BCUT2D eigenvalue weighted by Crippen LogP contribution is 2.41. The van der Waals surface area contributed by atoms with Crippen LogP contribution in [0.2, 0.25) is 0 Å². The maximum Gasteiger partial charge on any atom is 0.341 e. The number of nitrogens with two attached hydrogens (primary N) is 2. The first-order valence-electron chi connectivity index (χ1n) is 8.89. The van der Waals surface area contributed by atoms with Crippen LogP contribution in [0.15, 0.2) is 12.2 Å². The van der Waals surface area contributed by atoms with E-state index in [0.29, 0.717) is 22.1 Å². The highest BCUT2D eigenvalue weighted by Gasteiger charge is 2.30. The number of carbonyl (C=O) groups excluding carboxylic acids is 3. The number of thiophene rings is 2. The molecule has 2 heterocycles. The first-order chi connectivity index (χ1) is 13.7. The molecule has 0 atom stereocenters. The average molecular weight is 435 g/mol. The number of methoxy groups -OCH3 is 1. The summed E-state index contributed by atoms with van der Waals surface area (Å²) in [4.78, 5) is 38.3. The van der Waals surface area contributed by atoms with Gasteiger partial charge in [-0.3, -0.25) is 9.59 Å². The first-order valence-corrected chi connectivity index (χ1v) is 10.5. The summed E-state index contributed by atoms with van der Waals surface area (Å²) in [5, 5.41) is 6.63. The van der Waals surface area contributed by atoms with E-state index in [1.54, 1.807) is 0 Å². The van der Waals surface area contributed by atoms with Gasteiger partial charge in [0.2, 0.25) is 0 Å². The van der Waals surface area contributed by atoms with Gasteiger partial charge in [-0.15, -0.1) is 22.7 Å². The second kappa shape index (κ2) is 8.26. The van der Waals surface area contributed by atoms with Crippen LogP contribution in [-0.2, 0) is 17.6 Å².